The van der Waals surface area contributed by atoms with Crippen LogP contribution < -0.4 is 68.5 Å². The molecule has 13 fully saturated rings. The smallest absolute Gasteiger partial charge is 0.224 e. The Balaban J connectivity index is 0.000000112. The number of H-pyrrole nitrogens is 1. The summed E-state index contributed by atoms with van der Waals surface area (Å²) in [5.41, 5.74) is 14.7. The largest absolute Gasteiger partial charge is 0.493 e. The molecule has 20 atom stereocenters. The van der Waals surface area contributed by atoms with Crippen molar-refractivity contribution in [1.29, 1.82) is 0 Å². The van der Waals surface area contributed by atoms with Crippen LogP contribution in [-0.4, -0.2) is 178 Å². The third-order valence-electron chi connectivity index (χ3n) is 32.4. The van der Waals surface area contributed by atoms with E-state index in [9.17, 15) is 28.8 Å². The van der Waals surface area contributed by atoms with Gasteiger partial charge in [-0.15, -0.1) is 0 Å². The molecule has 0 spiro atoms. The number of benzene rings is 2. The number of amides is 6. The highest BCUT2D eigenvalue weighted by Crippen LogP contribution is 2.55. The van der Waals surface area contributed by atoms with Gasteiger partial charge in [-0.05, 0) is 362 Å². The van der Waals surface area contributed by atoms with Gasteiger partial charge in [0.1, 0.15) is 17.1 Å². The molecule has 7 aliphatic carbocycles. The fraction of sp³-hybridized carbons (Fsp3) is 0.594. The first-order valence-corrected chi connectivity index (χ1v) is 49.3. The van der Waals surface area contributed by atoms with Crippen molar-refractivity contribution in [2.75, 3.05) is 98.4 Å². The molecule has 724 valence electrons. The number of nitrogens with one attached hydrogen (secondary N) is 13. The van der Waals surface area contributed by atoms with E-state index in [1.165, 1.54) is 40.8 Å². The maximum absolute atomic E-state index is 12.8. The first-order valence-electron chi connectivity index (χ1n) is 48.9. The van der Waals surface area contributed by atoms with Gasteiger partial charge in [-0.2, -0.15) is 5.10 Å². The predicted molar refractivity (Wildman–Crippen MR) is 526 cm³/mol. The molecular weight excluding hydrogens is 1720 g/mol. The summed E-state index contributed by atoms with van der Waals surface area (Å²) in [6.07, 6.45) is 11.5. The fourth-order valence-electron chi connectivity index (χ4n) is 24.4. The van der Waals surface area contributed by atoms with Crippen LogP contribution in [0, 0.1) is 141 Å². The van der Waals surface area contributed by atoms with Gasteiger partial charge >= 0.3 is 0 Å². The minimum absolute atomic E-state index is 0. The monoisotopic (exact) mass is 1860 g/mol. The minimum Gasteiger partial charge on any atom is -0.493 e. The lowest BCUT2D eigenvalue weighted by Gasteiger charge is -2.32. The highest BCUT2D eigenvalue weighted by molar-refractivity contribution is 6.31. The minimum atomic E-state index is -0.563. The number of fused-ring (bicyclic) bond motifs is 11. The lowest BCUT2D eigenvalue weighted by molar-refractivity contribution is -0.126. The molecule has 0 bridgehead atoms. The van der Waals surface area contributed by atoms with Crippen LogP contribution in [-0.2, 0) is 81.1 Å². The van der Waals surface area contributed by atoms with E-state index in [1.807, 2.05) is 101 Å². The molecule has 9 aromatic rings. The number of aromatic amines is 1. The van der Waals surface area contributed by atoms with Crippen molar-refractivity contribution in [2.24, 2.45) is 114 Å². The Morgan fingerprint density at radius 3 is 1.55 bits per heavy atom. The van der Waals surface area contributed by atoms with Gasteiger partial charge in [0.25, 0.3) is 0 Å². The zero-order chi connectivity index (χ0) is 93.4. The van der Waals surface area contributed by atoms with E-state index in [4.69, 9.17) is 36.1 Å². The SMILES string of the molecule is C.C.CC(C)(NC(=O)C1[C@H]2CNC[C@@H]12)C1COc2ccccc21.Cc1cc2c(C)ccnc2c(C(C)(C)NC(=O)C2[C@H]3CNC[C@@H]23)n1.Cc1ccc(C(C)(C)NC(=O)C2[C@H]3CNC[C@@H]23)c(C)n1.Cc1ccc2cc(C(C)(C)NC(=O)C3[C@H]4CNC[C@@H]34)cn2c1.Cn1nc(C(C)(C)NC(=O)C2[C@H]3CNC[C@@H]23)c2c1CCCC2.O=C(NC1(c2nc3ccc(Cl)cc3[nH]2)CCOC1)C1[C@H]2CNC[C@@H]12. The molecule has 15 aliphatic rings. The van der Waals surface area contributed by atoms with Crippen LogP contribution in [0.1, 0.15) is 183 Å². The molecule has 2 aromatic carbocycles. The van der Waals surface area contributed by atoms with E-state index in [0.29, 0.717) is 95.9 Å². The zero-order valence-electron chi connectivity index (χ0n) is 80.2. The summed E-state index contributed by atoms with van der Waals surface area (Å²) in [6, 6.07) is 28.3. The second kappa shape index (κ2) is 37.5. The topological polar surface area (TPSA) is 355 Å². The van der Waals surface area contributed by atoms with E-state index in [2.05, 4.69) is 201 Å². The van der Waals surface area contributed by atoms with Crippen LogP contribution in [0.5, 0.6) is 5.75 Å². The third kappa shape index (κ3) is 19.4. The van der Waals surface area contributed by atoms with Crippen molar-refractivity contribution in [3.8, 4) is 5.75 Å². The number of imidazole rings is 1. The number of carbonyl (C=O) groups excluding carboxylic acids is 6. The molecule has 135 heavy (non-hydrogen) atoms. The number of halogens is 1. The quantitative estimate of drug-likeness (QED) is 0.0379. The summed E-state index contributed by atoms with van der Waals surface area (Å²) >= 11 is 6.06. The van der Waals surface area contributed by atoms with Crippen molar-refractivity contribution in [3.05, 3.63) is 182 Å². The molecule has 7 aromatic heterocycles. The maximum atomic E-state index is 12.8. The lowest BCUT2D eigenvalue weighted by Crippen LogP contribution is -2.49. The summed E-state index contributed by atoms with van der Waals surface area (Å²) in [5.74, 6) is 10.8. The van der Waals surface area contributed by atoms with Gasteiger partial charge in [0.05, 0.1) is 63.3 Å². The molecule has 29 heteroatoms. The summed E-state index contributed by atoms with van der Waals surface area (Å²) in [4.78, 5) is 97.4. The highest BCUT2D eigenvalue weighted by atomic mass is 35.5. The van der Waals surface area contributed by atoms with Crippen LogP contribution in [0.3, 0.4) is 0 Å². The molecule has 8 unspecified atom stereocenters. The molecule has 15 heterocycles. The molecular formula is C106H145ClN20O8. The van der Waals surface area contributed by atoms with Crippen molar-refractivity contribution >= 4 is 74.5 Å². The Bertz CT molecular complexity index is 5930. The number of aryl methyl sites for hydroxylation is 6. The Hall–Kier alpha value is -9.78. The van der Waals surface area contributed by atoms with E-state index in [0.717, 1.165) is 176 Å². The average molecular weight is 1860 g/mol. The lowest BCUT2D eigenvalue weighted by atomic mass is 9.83. The highest BCUT2D eigenvalue weighted by Gasteiger charge is 2.63. The number of hydrogen-bond acceptors (Lipinski definition) is 19. The predicted octanol–water partition coefficient (Wildman–Crippen LogP) is 11.0. The maximum Gasteiger partial charge on any atom is 0.224 e. The Morgan fingerprint density at radius 2 is 1.01 bits per heavy atom. The Kier molecular flexibility index (Phi) is 26.9. The molecule has 6 amide bonds. The van der Waals surface area contributed by atoms with Gasteiger partial charge in [0, 0.05) is 130 Å². The molecule has 28 nitrogen and oxygen atoms in total. The number of piperidine rings is 6. The van der Waals surface area contributed by atoms with Crippen molar-refractivity contribution < 1.29 is 38.2 Å². The van der Waals surface area contributed by atoms with Crippen molar-refractivity contribution in [1.82, 2.24) is 103 Å². The second-order valence-corrected chi connectivity index (χ2v) is 44.3. The van der Waals surface area contributed by atoms with Gasteiger partial charge in [-0.1, -0.05) is 56.8 Å². The Labute approximate surface area is 800 Å². The van der Waals surface area contributed by atoms with Crippen LogP contribution in [0.4, 0.5) is 0 Å². The van der Waals surface area contributed by atoms with E-state index >= 15 is 0 Å². The Morgan fingerprint density at radius 1 is 0.511 bits per heavy atom. The van der Waals surface area contributed by atoms with E-state index < -0.39 is 11.1 Å². The van der Waals surface area contributed by atoms with Crippen LogP contribution in [0.2, 0.25) is 5.02 Å². The van der Waals surface area contributed by atoms with Crippen LogP contribution in [0.25, 0.3) is 27.5 Å². The fourth-order valence-corrected chi connectivity index (χ4v) is 24.6. The summed E-state index contributed by atoms with van der Waals surface area (Å²) < 4.78 is 15.5. The zero-order valence-corrected chi connectivity index (χ0v) is 81.0. The molecule has 6 saturated carbocycles. The van der Waals surface area contributed by atoms with E-state index in [1.54, 1.807) is 0 Å². The van der Waals surface area contributed by atoms with Crippen molar-refractivity contribution in [3.63, 3.8) is 0 Å². The first-order chi connectivity index (χ1) is 63.5. The van der Waals surface area contributed by atoms with Crippen molar-refractivity contribution in [2.45, 2.75) is 190 Å². The number of aromatic nitrogens is 8. The number of para-hydroxylation sites is 1. The number of pyridine rings is 4. The average Bonchev–Trinajstić information content (AvgIpc) is 1.61. The number of nitrogens with zero attached hydrogens (tertiary/aromatic N) is 7. The molecule has 24 rings (SSSR count). The molecule has 0 radical (unpaired) electrons. The molecule has 13 N–H and O–H groups in total. The first kappa shape index (κ1) is 96.9. The van der Waals surface area contributed by atoms with Gasteiger partial charge < -0.3 is 82.7 Å². The summed E-state index contributed by atoms with van der Waals surface area (Å²) in [7, 11) is 2.03. The number of carbonyl (C=O) groups is 6. The summed E-state index contributed by atoms with van der Waals surface area (Å²) in [6.45, 7) is 44.4. The van der Waals surface area contributed by atoms with Crippen LogP contribution >= 0.6 is 11.6 Å². The second-order valence-electron chi connectivity index (χ2n) is 43.9. The van der Waals surface area contributed by atoms with Gasteiger partial charge in [-0.25, -0.2) is 4.98 Å². The summed E-state index contributed by atoms with van der Waals surface area (Å²) in [5, 5.41) is 46.1. The standard InChI is InChI=1S/C19H24N4O.C18H23N3O.C17H19ClN4O2.C17H26N4O.C17H22N2O2.C16H23N3O.2CH4/c1-10-5-6-21-16-12(10)7-11(2)22-17(16)19(3,4)23-18(24)15-13-8-20-9-14(13)15;1-11-4-5-13-6-12(10-21(13)9-11)18(2,3)20-17(22)16-14-7-19-8-15(14)16;18-9-1-2-12-13(5-9)21-16(20-12)17(3-4-24-8-17)22-15(23)14-10-6-19-7-11(10)14;1-17(2,19-16(22)14-11-8-18-9-12(11)14)15-10-6-4-5-7-13(10)21(3)20-15;1-17(2,13-9-21-14-6-4-3-5-10(13)14)19-16(20)15-11-7-18-8-12(11)15;1-9-5-6-13(10(2)18-9)16(3,4)19-15(20)14-11-7-17-8-12(11)14;;/h5-7,13-15,20H,8-9H2,1-4H3,(H,23,24);4-6,9-10,14-16,19H,7-8H2,1-3H3,(H,20,22);1-2,5,10-11,14,19H,3-4,6-8H2,(H,20,21)(H,22,23);11-12,14,18H,4-9H2,1-3H3,(H,19,22);3-6,11-13,15,18H,7-9H2,1-2H3,(H,19,20);5-6,11-12,14,17H,7-8H2,1-4H3,(H,19,20);2*1H4/t13-,14+,15?;14-,15+,16?;10-,11+,14?,17?;11-,12+,14?;11-,12+,13?,15?;11-,12+,14?;;. The van der Waals surface area contributed by atoms with Gasteiger partial charge in [0.15, 0.2) is 0 Å². The number of ether oxygens (including phenoxy) is 2. The number of rotatable bonds is 18. The number of hydrogen-bond donors (Lipinski definition) is 13. The van der Waals surface area contributed by atoms with E-state index in [-0.39, 0.29) is 114 Å². The molecule has 7 saturated heterocycles. The normalized spacial score (nSPS) is 29.2. The van der Waals surface area contributed by atoms with Gasteiger partial charge in [0.2, 0.25) is 35.4 Å². The molecule has 8 aliphatic heterocycles. The van der Waals surface area contributed by atoms with Crippen LogP contribution in [0.15, 0.2) is 104 Å². The third-order valence-corrected chi connectivity index (χ3v) is 32.6. The van der Waals surface area contributed by atoms with Gasteiger partial charge in [-0.3, -0.25) is 48.4 Å².